The van der Waals surface area contributed by atoms with E-state index in [2.05, 4.69) is 20.7 Å². The second kappa shape index (κ2) is 3.23. The Morgan fingerprint density at radius 2 is 2.00 bits per heavy atom. The largest absolute Gasteiger partial charge is 0.442 e. The van der Waals surface area contributed by atoms with Crippen LogP contribution in [0.3, 0.4) is 0 Å². The normalized spacial score (nSPS) is 20.0. The van der Waals surface area contributed by atoms with Crippen LogP contribution >= 0.6 is 15.9 Å². The average molecular weight is 281 g/mol. The number of alkyl halides is 4. The van der Waals surface area contributed by atoms with E-state index in [1.807, 2.05) is 0 Å². The Morgan fingerprint density at radius 3 is 2.60 bits per heavy atom. The van der Waals surface area contributed by atoms with Gasteiger partial charge >= 0.3 is 12.1 Å². The van der Waals surface area contributed by atoms with Crippen LogP contribution in [-0.2, 0) is 10.9 Å². The van der Waals surface area contributed by atoms with Gasteiger partial charge < -0.3 is 4.74 Å². The van der Waals surface area contributed by atoms with Crippen LogP contribution < -0.4 is 0 Å². The highest BCUT2D eigenvalue weighted by atomic mass is 79.9. The lowest BCUT2D eigenvalue weighted by Gasteiger charge is -2.11. The molecule has 0 fully saturated rings. The Bertz CT molecular complexity index is 428. The van der Waals surface area contributed by atoms with E-state index in [0.29, 0.717) is 0 Å². The molecule has 1 aromatic rings. The number of benzene rings is 1. The molecule has 0 radical (unpaired) electrons. The molecule has 1 heterocycles. The second-order valence-electron chi connectivity index (χ2n) is 2.99. The van der Waals surface area contributed by atoms with Crippen LogP contribution in [-0.4, -0.2) is 5.97 Å². The van der Waals surface area contributed by atoms with Crippen LogP contribution in [0.2, 0.25) is 0 Å². The third-order valence-corrected chi connectivity index (χ3v) is 2.71. The van der Waals surface area contributed by atoms with Crippen molar-refractivity contribution in [2.24, 2.45) is 0 Å². The van der Waals surface area contributed by atoms with Crippen LogP contribution in [0.5, 0.6) is 0 Å². The molecule has 0 N–H and O–H groups in total. The van der Waals surface area contributed by atoms with Crippen LogP contribution in [0.4, 0.5) is 13.2 Å². The van der Waals surface area contributed by atoms with Crippen molar-refractivity contribution in [1.82, 2.24) is 0 Å². The molecule has 0 amide bonds. The van der Waals surface area contributed by atoms with Gasteiger partial charge in [0.2, 0.25) is 0 Å². The van der Waals surface area contributed by atoms with Gasteiger partial charge in [0.1, 0.15) is 0 Å². The zero-order chi connectivity index (χ0) is 11.2. The van der Waals surface area contributed by atoms with Crippen LogP contribution in [0, 0.1) is 0 Å². The minimum Gasteiger partial charge on any atom is -0.442 e. The maximum Gasteiger partial charge on any atom is 0.416 e. The van der Waals surface area contributed by atoms with Gasteiger partial charge in [0.15, 0.2) is 5.01 Å². The molecule has 2 rings (SSSR count). The lowest BCUT2D eigenvalue weighted by atomic mass is 10.0. The van der Waals surface area contributed by atoms with Gasteiger partial charge in [-0.15, -0.1) is 0 Å². The van der Waals surface area contributed by atoms with E-state index in [0.717, 1.165) is 6.07 Å². The maximum absolute atomic E-state index is 12.6. The summed E-state index contributed by atoms with van der Waals surface area (Å²) >= 11 is 2.88. The van der Waals surface area contributed by atoms with Gasteiger partial charge in [0.05, 0.1) is 11.1 Å². The SMILES string of the molecule is O=C1O[C@H](Br)c2c1cccc2C(F)(F)F. The summed E-state index contributed by atoms with van der Waals surface area (Å²) in [7, 11) is 0. The third kappa shape index (κ3) is 1.62. The Kier molecular flexibility index (Phi) is 2.26. The van der Waals surface area contributed by atoms with Crippen molar-refractivity contribution in [3.63, 3.8) is 0 Å². The summed E-state index contributed by atoms with van der Waals surface area (Å²) < 4.78 is 42.3. The highest BCUT2D eigenvalue weighted by Crippen LogP contribution is 2.43. The van der Waals surface area contributed by atoms with Crippen molar-refractivity contribution in [3.8, 4) is 0 Å². The van der Waals surface area contributed by atoms with Crippen molar-refractivity contribution in [3.05, 3.63) is 34.9 Å². The van der Waals surface area contributed by atoms with Gasteiger partial charge in [-0.25, -0.2) is 4.79 Å². The van der Waals surface area contributed by atoms with Gasteiger partial charge in [0, 0.05) is 5.56 Å². The molecule has 0 unspecified atom stereocenters. The molecule has 6 heteroatoms. The molecule has 15 heavy (non-hydrogen) atoms. The number of halogens is 4. The van der Waals surface area contributed by atoms with Crippen molar-refractivity contribution in [2.45, 2.75) is 11.2 Å². The first-order chi connectivity index (χ1) is 6.91. The summed E-state index contributed by atoms with van der Waals surface area (Å²) in [4.78, 5) is 11.1. The number of hydrogen-bond acceptors (Lipinski definition) is 2. The summed E-state index contributed by atoms with van der Waals surface area (Å²) in [5.41, 5.74) is -1.02. The molecular weight excluding hydrogens is 277 g/mol. The zero-order valence-corrected chi connectivity index (χ0v) is 8.72. The smallest absolute Gasteiger partial charge is 0.416 e. The predicted molar refractivity (Wildman–Crippen MR) is 48.5 cm³/mol. The van der Waals surface area contributed by atoms with Gasteiger partial charge in [-0.2, -0.15) is 13.2 Å². The number of rotatable bonds is 0. The first-order valence-corrected chi connectivity index (χ1v) is 4.88. The highest BCUT2D eigenvalue weighted by molar-refractivity contribution is 9.09. The van der Waals surface area contributed by atoms with Gasteiger partial charge in [0.25, 0.3) is 0 Å². The van der Waals surface area contributed by atoms with Crippen molar-refractivity contribution >= 4 is 21.9 Å². The summed E-state index contributed by atoms with van der Waals surface area (Å²) in [6.07, 6.45) is -4.48. The fraction of sp³-hybridized carbons (Fsp3) is 0.222. The number of carbonyl (C=O) groups is 1. The van der Waals surface area contributed by atoms with E-state index in [1.165, 1.54) is 12.1 Å². The van der Waals surface area contributed by atoms with Crippen molar-refractivity contribution in [1.29, 1.82) is 0 Å². The van der Waals surface area contributed by atoms with Crippen molar-refractivity contribution < 1.29 is 22.7 Å². The molecule has 0 bridgehead atoms. The molecule has 0 spiro atoms. The Labute approximate surface area is 91.2 Å². The molecule has 1 aliphatic heterocycles. The maximum atomic E-state index is 12.6. The number of hydrogen-bond donors (Lipinski definition) is 0. The van der Waals surface area contributed by atoms with E-state index in [9.17, 15) is 18.0 Å². The molecular formula is C9H4BrF3O2. The lowest BCUT2D eigenvalue weighted by Crippen LogP contribution is -2.09. The first kappa shape index (κ1) is 10.5. The van der Waals surface area contributed by atoms with E-state index >= 15 is 0 Å². The molecule has 0 aliphatic carbocycles. The minimum absolute atomic E-state index is 0.0355. The topological polar surface area (TPSA) is 26.3 Å². The summed E-state index contributed by atoms with van der Waals surface area (Å²) in [6.45, 7) is 0. The molecule has 1 aliphatic rings. The van der Waals surface area contributed by atoms with Gasteiger partial charge in [-0.1, -0.05) is 6.07 Å². The molecule has 0 aromatic heterocycles. The predicted octanol–water partition coefficient (Wildman–Crippen LogP) is 3.27. The third-order valence-electron chi connectivity index (χ3n) is 2.07. The molecule has 0 saturated carbocycles. The second-order valence-corrected chi connectivity index (χ2v) is 3.82. The standard InChI is InChI=1S/C9H4BrF3O2/c10-7-6-4(8(14)15-7)2-1-3-5(6)9(11,12)13/h1-3,7H/t7-/m0/s1. The Balaban J connectivity index is 2.66. The van der Waals surface area contributed by atoms with Crippen LogP contribution in [0.1, 0.15) is 26.5 Å². The monoisotopic (exact) mass is 280 g/mol. The molecule has 0 saturated heterocycles. The summed E-state index contributed by atoms with van der Waals surface area (Å²) in [5.74, 6) is -0.738. The average Bonchev–Trinajstić information content (AvgIpc) is 2.41. The minimum atomic E-state index is -4.48. The van der Waals surface area contributed by atoms with E-state index < -0.39 is 22.7 Å². The lowest BCUT2D eigenvalue weighted by molar-refractivity contribution is -0.138. The highest BCUT2D eigenvalue weighted by Gasteiger charge is 2.41. The Hall–Kier alpha value is -1.04. The van der Waals surface area contributed by atoms with E-state index in [-0.39, 0.29) is 11.1 Å². The van der Waals surface area contributed by atoms with Crippen LogP contribution in [0.25, 0.3) is 0 Å². The summed E-state index contributed by atoms with van der Waals surface area (Å²) in [5, 5.41) is -1.02. The molecule has 1 atom stereocenters. The van der Waals surface area contributed by atoms with Gasteiger partial charge in [-0.05, 0) is 28.1 Å². The molecule has 2 nitrogen and oxygen atoms in total. The fourth-order valence-corrected chi connectivity index (χ4v) is 2.11. The summed E-state index contributed by atoms with van der Waals surface area (Å²) in [6, 6.07) is 3.43. The zero-order valence-electron chi connectivity index (χ0n) is 7.14. The molecule has 1 aromatic carbocycles. The van der Waals surface area contributed by atoms with E-state index in [1.54, 1.807) is 0 Å². The number of cyclic esters (lactones) is 1. The number of carbonyl (C=O) groups excluding carboxylic acids is 1. The van der Waals surface area contributed by atoms with Crippen LogP contribution in [0.15, 0.2) is 18.2 Å². The number of esters is 1. The first-order valence-electron chi connectivity index (χ1n) is 3.96. The Morgan fingerprint density at radius 1 is 1.33 bits per heavy atom. The van der Waals surface area contributed by atoms with E-state index in [4.69, 9.17) is 0 Å². The van der Waals surface area contributed by atoms with Crippen molar-refractivity contribution in [2.75, 3.05) is 0 Å². The van der Waals surface area contributed by atoms with Gasteiger partial charge in [-0.3, -0.25) is 0 Å². The fourth-order valence-electron chi connectivity index (χ4n) is 1.45. The quantitative estimate of drug-likeness (QED) is 0.539. The number of ether oxygens (including phenoxy) is 1. The molecule has 80 valence electrons. The number of fused-ring (bicyclic) bond motifs is 1.